The van der Waals surface area contributed by atoms with Crippen LogP contribution >= 0.6 is 11.6 Å². The highest BCUT2D eigenvalue weighted by atomic mass is 35.5. The smallest absolute Gasteiger partial charge is 0.266 e. The summed E-state index contributed by atoms with van der Waals surface area (Å²) in [6.07, 6.45) is 1.35. The summed E-state index contributed by atoms with van der Waals surface area (Å²) in [6.45, 7) is 1.69. The second kappa shape index (κ2) is 9.45. The van der Waals surface area contributed by atoms with E-state index in [1.807, 2.05) is 6.07 Å². The molecule has 0 spiro atoms. The van der Waals surface area contributed by atoms with Crippen LogP contribution < -0.4 is 5.32 Å². The number of aromatic nitrogens is 2. The van der Waals surface area contributed by atoms with Gasteiger partial charge in [-0.25, -0.2) is 9.07 Å². The van der Waals surface area contributed by atoms with E-state index in [9.17, 15) is 19.2 Å². The van der Waals surface area contributed by atoms with Gasteiger partial charge in [0.25, 0.3) is 11.8 Å². The lowest BCUT2D eigenvalue weighted by molar-refractivity contribution is -0.112. The fourth-order valence-corrected chi connectivity index (χ4v) is 3.20. The first-order chi connectivity index (χ1) is 15.2. The molecule has 0 unspecified atom stereocenters. The number of rotatable bonds is 5. The van der Waals surface area contributed by atoms with E-state index in [2.05, 4.69) is 10.4 Å². The van der Waals surface area contributed by atoms with Crippen molar-refractivity contribution in [2.24, 2.45) is 0 Å². The summed E-state index contributed by atoms with van der Waals surface area (Å²) in [5.41, 5.74) is 2.15. The zero-order valence-electron chi connectivity index (χ0n) is 17.6. The average Bonchev–Trinajstić information content (AvgIpc) is 3.05. The fourth-order valence-electron chi connectivity index (χ4n) is 2.87. The topological polar surface area (TPSA) is 91.0 Å². The van der Waals surface area contributed by atoms with Gasteiger partial charge in [0, 0.05) is 30.9 Å². The molecule has 1 heterocycles. The summed E-state index contributed by atoms with van der Waals surface area (Å²) in [5.74, 6) is -1.19. The minimum Gasteiger partial charge on any atom is -0.345 e. The number of amides is 2. The molecule has 32 heavy (non-hydrogen) atoms. The summed E-state index contributed by atoms with van der Waals surface area (Å²) >= 11 is 6.43. The molecule has 0 bridgehead atoms. The lowest BCUT2D eigenvalue weighted by Gasteiger charge is -2.10. The first-order valence-electron chi connectivity index (χ1n) is 9.47. The Balaban J connectivity index is 1.84. The predicted molar refractivity (Wildman–Crippen MR) is 120 cm³/mol. The van der Waals surface area contributed by atoms with E-state index >= 15 is 0 Å². The Hall–Kier alpha value is -3.96. The number of nitrogens with one attached hydrogen (secondary N) is 1. The molecule has 2 amide bonds. The summed E-state index contributed by atoms with van der Waals surface area (Å²) in [5, 5.41) is 16.6. The van der Waals surface area contributed by atoms with E-state index in [1.165, 1.54) is 39.9 Å². The second-order valence-corrected chi connectivity index (χ2v) is 7.44. The van der Waals surface area contributed by atoms with Crippen molar-refractivity contribution in [2.75, 3.05) is 19.4 Å². The Morgan fingerprint density at radius 2 is 1.78 bits per heavy atom. The predicted octanol–water partition coefficient (Wildman–Crippen LogP) is 4.22. The van der Waals surface area contributed by atoms with Gasteiger partial charge in [-0.3, -0.25) is 9.59 Å². The van der Waals surface area contributed by atoms with Crippen LogP contribution in [0.2, 0.25) is 5.15 Å². The Bertz CT molecular complexity index is 1240. The molecule has 0 radical (unpaired) electrons. The fraction of sp³-hybridized carbons (Fsp3) is 0.130. The van der Waals surface area contributed by atoms with Crippen LogP contribution in [0.4, 0.5) is 10.1 Å². The number of anilines is 1. The van der Waals surface area contributed by atoms with Crippen molar-refractivity contribution in [3.05, 3.63) is 81.9 Å². The molecule has 2 aromatic carbocycles. The van der Waals surface area contributed by atoms with Crippen molar-refractivity contribution < 1.29 is 14.0 Å². The number of nitrogens with zero attached hydrogens (tertiary/aromatic N) is 4. The molecule has 0 aliphatic carbocycles. The molecule has 3 aromatic rings. The van der Waals surface area contributed by atoms with Crippen molar-refractivity contribution in [1.82, 2.24) is 14.7 Å². The molecule has 0 saturated heterocycles. The van der Waals surface area contributed by atoms with Gasteiger partial charge in [0.05, 0.1) is 11.4 Å². The molecular formula is C23H19ClFN5O2. The molecule has 9 heteroatoms. The second-order valence-electron chi connectivity index (χ2n) is 7.08. The lowest BCUT2D eigenvalue weighted by Crippen LogP contribution is -2.21. The van der Waals surface area contributed by atoms with Crippen molar-refractivity contribution in [3.8, 4) is 11.8 Å². The highest BCUT2D eigenvalue weighted by molar-refractivity contribution is 6.31. The first kappa shape index (κ1) is 22.7. The van der Waals surface area contributed by atoms with Crippen LogP contribution in [0.15, 0.2) is 54.1 Å². The number of halogens is 2. The van der Waals surface area contributed by atoms with Crippen LogP contribution in [-0.2, 0) is 4.79 Å². The van der Waals surface area contributed by atoms with E-state index < -0.39 is 11.7 Å². The zero-order valence-corrected chi connectivity index (χ0v) is 18.3. The van der Waals surface area contributed by atoms with Gasteiger partial charge in [0.1, 0.15) is 22.6 Å². The monoisotopic (exact) mass is 451 g/mol. The molecule has 3 rings (SSSR count). The van der Waals surface area contributed by atoms with Gasteiger partial charge in [0.15, 0.2) is 0 Å². The molecular weight excluding hydrogens is 433 g/mol. The number of carbonyl (C=O) groups is 2. The Kier molecular flexibility index (Phi) is 6.71. The van der Waals surface area contributed by atoms with Crippen LogP contribution in [0.25, 0.3) is 11.8 Å². The van der Waals surface area contributed by atoms with E-state index in [4.69, 9.17) is 11.6 Å². The quantitative estimate of drug-likeness (QED) is 0.464. The maximum atomic E-state index is 13.2. The number of aryl methyl sites for hydroxylation is 1. The molecule has 1 aromatic heterocycles. The number of carbonyl (C=O) groups excluding carboxylic acids is 2. The first-order valence-corrected chi connectivity index (χ1v) is 9.85. The number of nitriles is 1. The van der Waals surface area contributed by atoms with Gasteiger partial charge in [0.2, 0.25) is 0 Å². The number of hydrogen-bond acceptors (Lipinski definition) is 4. The largest absolute Gasteiger partial charge is 0.345 e. The summed E-state index contributed by atoms with van der Waals surface area (Å²) in [7, 11) is 3.29. The number of benzene rings is 2. The Morgan fingerprint density at radius 3 is 2.34 bits per heavy atom. The van der Waals surface area contributed by atoms with E-state index in [-0.39, 0.29) is 16.6 Å². The molecule has 0 atom stereocenters. The van der Waals surface area contributed by atoms with E-state index in [1.54, 1.807) is 45.3 Å². The van der Waals surface area contributed by atoms with Gasteiger partial charge in [-0.05, 0) is 61.5 Å². The van der Waals surface area contributed by atoms with Gasteiger partial charge < -0.3 is 10.2 Å². The summed E-state index contributed by atoms with van der Waals surface area (Å²) in [4.78, 5) is 26.0. The number of hydrogen-bond donors (Lipinski definition) is 1. The summed E-state index contributed by atoms with van der Waals surface area (Å²) < 4.78 is 14.6. The SMILES string of the molecule is Cc1nn(-c2ccc(F)cc2)c(Cl)c1/C=C(\C#N)C(=O)Nc1ccc(C(=O)N(C)C)cc1. The van der Waals surface area contributed by atoms with Crippen LogP contribution in [0.3, 0.4) is 0 Å². The van der Waals surface area contributed by atoms with Crippen molar-refractivity contribution in [2.45, 2.75) is 6.92 Å². The van der Waals surface area contributed by atoms with Crippen LogP contribution in [-0.4, -0.2) is 40.6 Å². The maximum Gasteiger partial charge on any atom is 0.266 e. The zero-order chi connectivity index (χ0) is 23.4. The van der Waals surface area contributed by atoms with Crippen LogP contribution in [0.5, 0.6) is 0 Å². The van der Waals surface area contributed by atoms with Crippen LogP contribution in [0.1, 0.15) is 21.6 Å². The molecule has 1 N–H and O–H groups in total. The highest BCUT2D eigenvalue weighted by Crippen LogP contribution is 2.26. The van der Waals surface area contributed by atoms with E-state index in [0.29, 0.717) is 28.2 Å². The molecule has 162 valence electrons. The van der Waals surface area contributed by atoms with Crippen LogP contribution in [0, 0.1) is 24.1 Å². The van der Waals surface area contributed by atoms with Crippen molar-refractivity contribution in [3.63, 3.8) is 0 Å². The van der Waals surface area contributed by atoms with E-state index in [0.717, 1.165) is 0 Å². The third kappa shape index (κ3) is 4.85. The third-order valence-corrected chi connectivity index (χ3v) is 4.93. The molecule has 0 aliphatic rings. The maximum absolute atomic E-state index is 13.2. The lowest BCUT2D eigenvalue weighted by atomic mass is 10.1. The molecule has 0 aliphatic heterocycles. The minimum absolute atomic E-state index is 0.163. The Morgan fingerprint density at radius 1 is 1.16 bits per heavy atom. The van der Waals surface area contributed by atoms with Gasteiger partial charge in [-0.15, -0.1) is 0 Å². The van der Waals surface area contributed by atoms with Gasteiger partial charge in [-0.2, -0.15) is 10.4 Å². The summed E-state index contributed by atoms with van der Waals surface area (Å²) in [6, 6.07) is 13.8. The van der Waals surface area contributed by atoms with Gasteiger partial charge >= 0.3 is 0 Å². The van der Waals surface area contributed by atoms with Gasteiger partial charge in [-0.1, -0.05) is 11.6 Å². The Labute approximate surface area is 189 Å². The molecule has 0 fully saturated rings. The standard InChI is InChI=1S/C23H19ClFN5O2/c1-14-20(21(24)30(28-14)19-10-6-17(25)7-11-19)12-16(13-26)22(31)27-18-8-4-15(5-9-18)23(32)29(2)3/h4-12H,1-3H3,(H,27,31)/b16-12+. The van der Waals surface area contributed by atoms with Crippen molar-refractivity contribution in [1.29, 1.82) is 5.26 Å². The third-order valence-electron chi connectivity index (χ3n) is 4.57. The highest BCUT2D eigenvalue weighted by Gasteiger charge is 2.17. The minimum atomic E-state index is -0.635. The normalized spacial score (nSPS) is 11.1. The molecule has 0 saturated carbocycles. The average molecular weight is 452 g/mol. The van der Waals surface area contributed by atoms with Crippen molar-refractivity contribution >= 4 is 35.2 Å². The molecule has 7 nitrogen and oxygen atoms in total.